The number of aliphatic hydroxyl groups is 1. The molecule has 0 aromatic carbocycles. The summed E-state index contributed by atoms with van der Waals surface area (Å²) in [6.45, 7) is 0.535. The van der Waals surface area contributed by atoms with Crippen molar-refractivity contribution < 1.29 is 27.9 Å². The number of anilines is 3. The number of nitrogens with one attached hydrogen (secondary N) is 2. The molecule has 2 aliphatic rings. The van der Waals surface area contributed by atoms with Gasteiger partial charge in [-0.25, -0.2) is 14.8 Å². The van der Waals surface area contributed by atoms with Crippen LogP contribution in [-0.2, 0) is 0 Å². The molecule has 4 rings (SSSR count). The predicted octanol–water partition coefficient (Wildman–Crippen LogP) is 2.15. The van der Waals surface area contributed by atoms with Gasteiger partial charge in [0.25, 0.3) is 5.91 Å². The fraction of sp³-hybridized carbons (Fsp3) is 0.400. The Kier molecular flexibility index (Phi) is 5.87. The average molecular weight is 450 g/mol. The van der Waals surface area contributed by atoms with Gasteiger partial charge in [0.15, 0.2) is 5.82 Å². The Hall–Kier alpha value is -3.41. The van der Waals surface area contributed by atoms with Crippen LogP contribution in [0.5, 0.6) is 0 Å². The van der Waals surface area contributed by atoms with Crippen molar-refractivity contribution in [2.24, 2.45) is 0 Å². The van der Waals surface area contributed by atoms with E-state index in [9.17, 15) is 22.8 Å². The lowest BCUT2D eigenvalue weighted by Crippen LogP contribution is -2.49. The van der Waals surface area contributed by atoms with Crippen molar-refractivity contribution in [3.05, 3.63) is 42.2 Å². The first kappa shape index (κ1) is 21.8. The highest BCUT2D eigenvalue weighted by atomic mass is 19.4. The molecule has 2 aliphatic heterocycles. The third-order valence-electron chi connectivity index (χ3n) is 5.42. The Bertz CT molecular complexity index is 1000. The van der Waals surface area contributed by atoms with E-state index in [1.807, 2.05) is 10.2 Å². The molecule has 2 aromatic rings. The summed E-state index contributed by atoms with van der Waals surface area (Å²) in [6, 6.07) is 5.06. The van der Waals surface area contributed by atoms with Crippen molar-refractivity contribution in [2.45, 2.75) is 31.1 Å². The van der Waals surface area contributed by atoms with E-state index in [4.69, 9.17) is 5.11 Å². The average Bonchev–Trinajstić information content (AvgIpc) is 3.17. The van der Waals surface area contributed by atoms with E-state index in [0.717, 1.165) is 0 Å². The number of aliphatic hydroxyl groups excluding tert-OH is 1. The first-order valence-corrected chi connectivity index (χ1v) is 10.0. The third kappa shape index (κ3) is 4.31. The van der Waals surface area contributed by atoms with E-state index in [-0.39, 0.29) is 17.6 Å². The zero-order valence-electron chi connectivity index (χ0n) is 16.8. The number of pyridine rings is 2. The summed E-state index contributed by atoms with van der Waals surface area (Å²) in [5.74, 6) is -0.502. The number of carbonyl (C=O) groups excluding carboxylic acids is 2. The van der Waals surface area contributed by atoms with E-state index >= 15 is 0 Å². The van der Waals surface area contributed by atoms with Crippen molar-refractivity contribution >= 4 is 29.3 Å². The number of carbonyl (C=O) groups is 2. The molecule has 2 aromatic heterocycles. The van der Waals surface area contributed by atoms with Gasteiger partial charge >= 0.3 is 12.2 Å². The lowest BCUT2D eigenvalue weighted by atomic mass is 10.1. The maximum Gasteiger partial charge on any atom is 0.408 e. The summed E-state index contributed by atoms with van der Waals surface area (Å²) in [5, 5.41) is 13.5. The second-order valence-corrected chi connectivity index (χ2v) is 7.52. The zero-order chi connectivity index (χ0) is 22.9. The maximum atomic E-state index is 13.1. The van der Waals surface area contributed by atoms with E-state index in [1.54, 1.807) is 24.3 Å². The van der Waals surface area contributed by atoms with Gasteiger partial charge in [-0.05, 0) is 37.1 Å². The van der Waals surface area contributed by atoms with Crippen LogP contribution in [0.2, 0.25) is 0 Å². The standard InChI is InChI=1S/C20H21F3N6O3/c21-20(22,23)15(7-10-30)26-18(31)13-4-5-14-17(25-13)29(12-6-9-28(14)11-12)19(32)27-16-3-1-2-8-24-16/h1-5,8,12,15,30H,6-7,9-11H2,(H,26,31)(H,24,27,32)/t12-,15?/m0/s1. The van der Waals surface area contributed by atoms with Crippen molar-refractivity contribution in [3.8, 4) is 0 Å². The van der Waals surface area contributed by atoms with Gasteiger partial charge in [-0.15, -0.1) is 0 Å². The van der Waals surface area contributed by atoms with Gasteiger partial charge in [0, 0.05) is 25.9 Å². The second-order valence-electron chi connectivity index (χ2n) is 7.52. The number of hydrogen-bond donors (Lipinski definition) is 3. The minimum atomic E-state index is -4.72. The molecule has 0 spiro atoms. The fourth-order valence-electron chi connectivity index (χ4n) is 3.88. The summed E-state index contributed by atoms with van der Waals surface area (Å²) in [6.07, 6.45) is -3.18. The van der Waals surface area contributed by atoms with Gasteiger partial charge < -0.3 is 15.3 Å². The monoisotopic (exact) mass is 450 g/mol. The van der Waals surface area contributed by atoms with Crippen molar-refractivity contribution in [2.75, 3.05) is 34.8 Å². The summed E-state index contributed by atoms with van der Waals surface area (Å²) in [4.78, 5) is 37.3. The van der Waals surface area contributed by atoms with Gasteiger partial charge in [-0.2, -0.15) is 13.2 Å². The summed E-state index contributed by atoms with van der Waals surface area (Å²) in [5.41, 5.74) is 0.364. The van der Waals surface area contributed by atoms with E-state index in [0.29, 0.717) is 31.0 Å². The molecule has 4 heterocycles. The number of urea groups is 1. The topological polar surface area (TPSA) is 111 Å². The van der Waals surface area contributed by atoms with Crippen molar-refractivity contribution in [1.29, 1.82) is 0 Å². The molecule has 3 N–H and O–H groups in total. The molecule has 1 unspecified atom stereocenters. The lowest BCUT2D eigenvalue weighted by molar-refractivity contribution is -0.156. The number of nitrogens with zero attached hydrogens (tertiary/aromatic N) is 4. The number of amides is 3. The van der Waals surface area contributed by atoms with Crippen molar-refractivity contribution in [1.82, 2.24) is 15.3 Å². The van der Waals surface area contributed by atoms with Crippen LogP contribution in [0.25, 0.3) is 0 Å². The first-order chi connectivity index (χ1) is 15.3. The molecule has 170 valence electrons. The first-order valence-electron chi connectivity index (χ1n) is 10.0. The van der Waals surface area contributed by atoms with E-state index in [2.05, 4.69) is 15.3 Å². The van der Waals surface area contributed by atoms with Crippen LogP contribution in [0.3, 0.4) is 0 Å². The number of fused-ring (bicyclic) bond motifs is 4. The van der Waals surface area contributed by atoms with E-state index in [1.165, 1.54) is 17.2 Å². The number of hydrogen-bond acceptors (Lipinski definition) is 6. The van der Waals surface area contributed by atoms with Crippen molar-refractivity contribution in [3.63, 3.8) is 0 Å². The molecular formula is C20H21F3N6O3. The number of aromatic nitrogens is 2. The summed E-state index contributed by atoms with van der Waals surface area (Å²) >= 11 is 0. The number of halogens is 3. The summed E-state index contributed by atoms with van der Waals surface area (Å²) in [7, 11) is 0. The molecule has 1 saturated heterocycles. The van der Waals surface area contributed by atoms with Crippen LogP contribution >= 0.6 is 0 Å². The molecule has 1 fully saturated rings. The third-order valence-corrected chi connectivity index (χ3v) is 5.42. The van der Waals surface area contributed by atoms with Gasteiger partial charge in [-0.3, -0.25) is 15.0 Å². The molecule has 2 atom stereocenters. The maximum absolute atomic E-state index is 13.1. The summed E-state index contributed by atoms with van der Waals surface area (Å²) < 4.78 is 39.4. The minimum Gasteiger partial charge on any atom is -0.396 e. The molecule has 0 saturated carbocycles. The van der Waals surface area contributed by atoms with Crippen LogP contribution in [0.15, 0.2) is 36.5 Å². The normalized spacial score (nSPS) is 18.2. The van der Waals surface area contributed by atoms with Gasteiger partial charge in [0.2, 0.25) is 0 Å². The smallest absolute Gasteiger partial charge is 0.396 e. The molecule has 0 aliphatic carbocycles. The van der Waals surface area contributed by atoms with Crippen LogP contribution in [0, 0.1) is 0 Å². The molecular weight excluding hydrogens is 429 g/mol. The van der Waals surface area contributed by atoms with Gasteiger partial charge in [0.05, 0.1) is 11.7 Å². The Morgan fingerprint density at radius 2 is 2.06 bits per heavy atom. The fourth-order valence-corrected chi connectivity index (χ4v) is 3.88. The lowest BCUT2D eigenvalue weighted by Gasteiger charge is -2.35. The quantitative estimate of drug-likeness (QED) is 0.644. The molecule has 32 heavy (non-hydrogen) atoms. The number of alkyl halides is 3. The Morgan fingerprint density at radius 1 is 1.25 bits per heavy atom. The largest absolute Gasteiger partial charge is 0.408 e. The molecule has 9 nitrogen and oxygen atoms in total. The zero-order valence-corrected chi connectivity index (χ0v) is 16.8. The Morgan fingerprint density at radius 3 is 2.75 bits per heavy atom. The molecule has 0 radical (unpaired) electrons. The second kappa shape index (κ2) is 8.61. The predicted molar refractivity (Wildman–Crippen MR) is 110 cm³/mol. The van der Waals surface area contributed by atoms with E-state index < -0.39 is 37.2 Å². The highest BCUT2D eigenvalue weighted by Gasteiger charge is 2.42. The minimum absolute atomic E-state index is 0.200. The van der Waals surface area contributed by atoms with Gasteiger partial charge in [-0.1, -0.05) is 6.07 Å². The van der Waals surface area contributed by atoms with Crippen LogP contribution in [-0.4, -0.2) is 65.0 Å². The molecule has 12 heteroatoms. The molecule has 2 bridgehead atoms. The van der Waals surface area contributed by atoms with Crippen LogP contribution in [0.1, 0.15) is 23.3 Å². The number of rotatable bonds is 5. The highest BCUT2D eigenvalue weighted by Crippen LogP contribution is 2.39. The molecule has 3 amide bonds. The van der Waals surface area contributed by atoms with Crippen LogP contribution in [0.4, 0.5) is 35.3 Å². The Balaban J connectivity index is 1.62. The Labute approximate surface area is 181 Å². The SMILES string of the molecule is O=C(NC(CCO)C(F)(F)F)c1ccc2c(n1)N(C(=O)Nc1ccccn1)[C@H]1CCN2C1. The van der Waals surface area contributed by atoms with Crippen LogP contribution < -0.4 is 20.4 Å². The van der Waals surface area contributed by atoms with Gasteiger partial charge in [0.1, 0.15) is 17.6 Å². The highest BCUT2D eigenvalue weighted by molar-refractivity contribution is 6.05.